The number of methoxy groups -OCH3 is 1. The van der Waals surface area contributed by atoms with Crippen LogP contribution >= 0.6 is 11.3 Å². The van der Waals surface area contributed by atoms with Crippen molar-refractivity contribution in [3.8, 4) is 16.7 Å². The maximum absolute atomic E-state index is 14.5. The summed E-state index contributed by atoms with van der Waals surface area (Å²) in [6.07, 6.45) is 2.33. The number of halogens is 3. The van der Waals surface area contributed by atoms with E-state index in [1.165, 1.54) is 28.4 Å². The molecule has 3 aromatic carbocycles. The van der Waals surface area contributed by atoms with Gasteiger partial charge >= 0.3 is 6.18 Å². The molecule has 0 spiro atoms. The SMILES string of the molecule is COc1ccc2nc(O[C@@H]3C[C@H]4C(=O)N[C@]5(C(=O)NOc6ccccc6)C[C@@H]5/C=C\CCCCC[C@H](Nc5cccc(C(F)(F)F)c5)C(=O)N4C3)sc2c1. The van der Waals surface area contributed by atoms with E-state index >= 15 is 0 Å². The average molecular weight is 764 g/mol. The molecular weight excluding hydrogens is 724 g/mol. The lowest BCUT2D eigenvalue weighted by Gasteiger charge is -2.30. The summed E-state index contributed by atoms with van der Waals surface area (Å²) in [5, 5.41) is 6.36. The van der Waals surface area contributed by atoms with E-state index in [0.29, 0.717) is 47.9 Å². The first-order valence-corrected chi connectivity index (χ1v) is 18.7. The number of anilines is 1. The summed E-state index contributed by atoms with van der Waals surface area (Å²) in [5.41, 5.74) is 1.16. The molecular formula is C39H40F3N5O6S. The summed E-state index contributed by atoms with van der Waals surface area (Å²) in [6.45, 7) is 0.0105. The topological polar surface area (TPSA) is 131 Å². The molecule has 3 heterocycles. The molecule has 2 fully saturated rings. The van der Waals surface area contributed by atoms with Crippen molar-refractivity contribution in [2.24, 2.45) is 5.92 Å². The second-order valence-corrected chi connectivity index (χ2v) is 14.7. The third-order valence-corrected chi connectivity index (χ3v) is 10.9. The number of allylic oxidation sites excluding steroid dienone is 1. The van der Waals surface area contributed by atoms with E-state index in [1.54, 1.807) is 37.4 Å². The molecule has 3 N–H and O–H groups in total. The van der Waals surface area contributed by atoms with Crippen LogP contribution in [0, 0.1) is 5.92 Å². The van der Waals surface area contributed by atoms with Gasteiger partial charge in [0.05, 0.1) is 29.4 Å². The number of benzene rings is 3. The van der Waals surface area contributed by atoms with Crippen molar-refractivity contribution < 1.29 is 41.9 Å². The van der Waals surface area contributed by atoms with E-state index in [4.69, 9.17) is 14.3 Å². The van der Waals surface area contributed by atoms with E-state index in [9.17, 15) is 27.6 Å². The number of amides is 3. The lowest BCUT2D eigenvalue weighted by Crippen LogP contribution is -2.57. The van der Waals surface area contributed by atoms with Gasteiger partial charge in [0.2, 0.25) is 11.8 Å². The van der Waals surface area contributed by atoms with Crippen LogP contribution in [0.4, 0.5) is 18.9 Å². The number of rotatable bonds is 8. The summed E-state index contributed by atoms with van der Waals surface area (Å²) in [4.78, 5) is 54.2. The average Bonchev–Trinajstić information content (AvgIpc) is 3.46. The van der Waals surface area contributed by atoms with Gasteiger partial charge in [0, 0.05) is 18.0 Å². The standard InChI is InChI=1S/C39H40F3N5O6S/c1-51-28-17-18-30-33(21-28)54-37(44-30)52-29-20-32-34(48)45-38(36(50)46-53-27-14-7-5-8-15-27)22-25(38)11-6-3-2-4-9-16-31(35(49)47(32)23-29)43-26-13-10-12-24(19-26)39(40,41)42/h5-8,10-15,17-19,21,25,29,31-32,43H,2-4,9,16,20,22-23H2,1H3,(H,45,48)(H,46,50)/b11-6-/t25-,29+,31-,32-,38+/m0/s1. The first kappa shape index (κ1) is 37.0. The Hall–Kier alpha value is -5.31. The lowest BCUT2D eigenvalue weighted by molar-refractivity contribution is -0.141. The predicted molar refractivity (Wildman–Crippen MR) is 196 cm³/mol. The minimum atomic E-state index is -4.57. The van der Waals surface area contributed by atoms with Crippen LogP contribution < -0.4 is 30.4 Å². The molecule has 7 rings (SSSR count). The first-order chi connectivity index (χ1) is 26.0. The molecule has 3 aliphatic rings. The Kier molecular flexibility index (Phi) is 10.7. The Balaban J connectivity index is 1.17. The molecule has 54 heavy (non-hydrogen) atoms. The highest BCUT2D eigenvalue weighted by molar-refractivity contribution is 7.20. The number of nitrogens with one attached hydrogen (secondary N) is 3. The maximum atomic E-state index is 14.5. The molecule has 15 heteroatoms. The molecule has 1 saturated heterocycles. The van der Waals surface area contributed by atoms with Gasteiger partial charge in [-0.1, -0.05) is 60.6 Å². The molecule has 5 atom stereocenters. The van der Waals surface area contributed by atoms with Crippen molar-refractivity contribution >= 4 is 45.0 Å². The van der Waals surface area contributed by atoms with Crippen molar-refractivity contribution in [1.82, 2.24) is 20.7 Å². The molecule has 1 aliphatic carbocycles. The van der Waals surface area contributed by atoms with Crippen molar-refractivity contribution in [3.05, 3.63) is 90.5 Å². The fourth-order valence-electron chi connectivity index (χ4n) is 7.04. The van der Waals surface area contributed by atoms with Gasteiger partial charge in [-0.2, -0.15) is 18.7 Å². The van der Waals surface area contributed by atoms with E-state index < -0.39 is 53.2 Å². The van der Waals surface area contributed by atoms with Gasteiger partial charge in [0.25, 0.3) is 11.1 Å². The van der Waals surface area contributed by atoms with E-state index in [1.807, 2.05) is 30.4 Å². The van der Waals surface area contributed by atoms with Gasteiger partial charge in [-0.3, -0.25) is 14.4 Å². The fourth-order valence-corrected chi connectivity index (χ4v) is 7.95. The van der Waals surface area contributed by atoms with Gasteiger partial charge in [0.1, 0.15) is 29.5 Å². The maximum Gasteiger partial charge on any atom is 0.416 e. The van der Waals surface area contributed by atoms with Crippen LogP contribution in [0.25, 0.3) is 10.2 Å². The number of carbonyl (C=O) groups excluding carboxylic acids is 3. The fraction of sp³-hybridized carbons (Fsp3) is 0.385. The largest absolute Gasteiger partial charge is 0.497 e. The normalized spacial score (nSPS) is 25.3. The molecule has 2 aliphatic heterocycles. The quantitative estimate of drug-likeness (QED) is 0.134. The highest BCUT2D eigenvalue weighted by Crippen LogP contribution is 2.46. The number of thiazole rings is 1. The summed E-state index contributed by atoms with van der Waals surface area (Å²) < 4.78 is 53.3. The van der Waals surface area contributed by atoms with E-state index in [-0.39, 0.29) is 24.6 Å². The number of aromatic nitrogens is 1. The van der Waals surface area contributed by atoms with Gasteiger partial charge in [0.15, 0.2) is 5.75 Å². The van der Waals surface area contributed by atoms with Crippen LogP contribution in [-0.2, 0) is 20.6 Å². The van der Waals surface area contributed by atoms with Crippen LogP contribution in [0.1, 0.15) is 50.5 Å². The molecule has 3 amide bonds. The first-order valence-electron chi connectivity index (χ1n) is 17.9. The van der Waals surface area contributed by atoms with Gasteiger partial charge in [-0.15, -0.1) is 0 Å². The number of carbonyl (C=O) groups is 3. The number of nitrogens with zero attached hydrogens (tertiary/aromatic N) is 2. The number of para-hydroxylation sites is 1. The summed E-state index contributed by atoms with van der Waals surface area (Å²) in [6, 6.07) is 16.9. The number of hydrogen-bond donors (Lipinski definition) is 3. The van der Waals surface area contributed by atoms with Gasteiger partial charge in [-0.25, -0.2) is 4.98 Å². The molecule has 1 saturated carbocycles. The molecule has 0 radical (unpaired) electrons. The monoisotopic (exact) mass is 763 g/mol. The van der Waals surface area contributed by atoms with E-state index in [0.717, 1.165) is 29.7 Å². The van der Waals surface area contributed by atoms with Crippen LogP contribution in [0.2, 0.25) is 0 Å². The third-order valence-electron chi connectivity index (χ3n) is 10.0. The number of fused-ring (bicyclic) bond motifs is 3. The smallest absolute Gasteiger partial charge is 0.416 e. The zero-order chi connectivity index (χ0) is 37.9. The van der Waals surface area contributed by atoms with Crippen LogP contribution in [0.15, 0.2) is 84.9 Å². The lowest BCUT2D eigenvalue weighted by atomic mass is 10.0. The molecule has 1 aromatic heterocycles. The second-order valence-electron chi connectivity index (χ2n) is 13.8. The molecule has 11 nitrogen and oxygen atoms in total. The van der Waals surface area contributed by atoms with Crippen molar-refractivity contribution in [3.63, 3.8) is 0 Å². The summed E-state index contributed by atoms with van der Waals surface area (Å²) in [5.74, 6) is -0.777. The van der Waals surface area contributed by atoms with Crippen LogP contribution in [0.5, 0.6) is 16.7 Å². The Morgan fingerprint density at radius 1 is 1.02 bits per heavy atom. The van der Waals surface area contributed by atoms with Crippen LogP contribution in [0.3, 0.4) is 0 Å². The Morgan fingerprint density at radius 2 is 1.85 bits per heavy atom. The molecule has 0 unspecified atom stereocenters. The van der Waals surface area contributed by atoms with E-state index in [2.05, 4.69) is 21.1 Å². The minimum absolute atomic E-state index is 0.0105. The van der Waals surface area contributed by atoms with Gasteiger partial charge < -0.3 is 29.8 Å². The highest BCUT2D eigenvalue weighted by atomic mass is 32.1. The Morgan fingerprint density at radius 3 is 2.65 bits per heavy atom. The Labute approximate surface area is 313 Å². The molecule has 4 aromatic rings. The van der Waals surface area contributed by atoms with Crippen molar-refractivity contribution in [2.45, 2.75) is 74.8 Å². The molecule has 284 valence electrons. The second kappa shape index (κ2) is 15.6. The minimum Gasteiger partial charge on any atom is -0.497 e. The number of hydrogen-bond acceptors (Lipinski definition) is 9. The number of alkyl halides is 3. The van der Waals surface area contributed by atoms with Gasteiger partial charge in [-0.05, 0) is 74.2 Å². The Bertz CT molecular complexity index is 2030. The predicted octanol–water partition coefficient (Wildman–Crippen LogP) is 6.66. The zero-order valence-electron chi connectivity index (χ0n) is 29.4. The number of ether oxygens (including phenoxy) is 2. The summed E-state index contributed by atoms with van der Waals surface area (Å²) >= 11 is 1.30. The van der Waals surface area contributed by atoms with Crippen molar-refractivity contribution in [2.75, 3.05) is 19.0 Å². The van der Waals surface area contributed by atoms with Crippen LogP contribution in [-0.4, -0.2) is 65.0 Å². The zero-order valence-corrected chi connectivity index (χ0v) is 30.3. The highest BCUT2D eigenvalue weighted by Gasteiger charge is 2.61. The number of hydroxylamine groups is 1. The summed E-state index contributed by atoms with van der Waals surface area (Å²) in [7, 11) is 1.57. The third kappa shape index (κ3) is 8.25. The van der Waals surface area contributed by atoms with Crippen molar-refractivity contribution in [1.29, 1.82) is 0 Å². The molecule has 0 bridgehead atoms.